The Morgan fingerprint density at radius 1 is 1.47 bits per heavy atom. The van der Waals surface area contributed by atoms with Crippen molar-refractivity contribution in [1.29, 1.82) is 0 Å². The Bertz CT molecular complexity index is 423. The fraction of sp³-hybridized carbons (Fsp3) is 0.714. The van der Waals surface area contributed by atoms with Gasteiger partial charge in [0, 0.05) is 39.4 Å². The van der Waals surface area contributed by atoms with Gasteiger partial charge in [-0.2, -0.15) is 5.10 Å². The van der Waals surface area contributed by atoms with E-state index in [-0.39, 0.29) is 11.9 Å². The molecule has 0 bridgehead atoms. The lowest BCUT2D eigenvalue weighted by Gasteiger charge is -2.23. The van der Waals surface area contributed by atoms with Gasteiger partial charge >= 0.3 is 0 Å². The predicted octanol–water partition coefficient (Wildman–Crippen LogP) is 1.32. The molecule has 1 aromatic heterocycles. The third-order valence-electron chi connectivity index (χ3n) is 3.10. The molecular formula is C14H26N4O. The first kappa shape index (κ1) is 15.7. The maximum absolute atomic E-state index is 12.1. The highest BCUT2D eigenvalue weighted by atomic mass is 16.2. The Morgan fingerprint density at radius 3 is 2.53 bits per heavy atom. The van der Waals surface area contributed by atoms with Gasteiger partial charge in [-0.15, -0.1) is 0 Å². The zero-order chi connectivity index (χ0) is 14.6. The van der Waals surface area contributed by atoms with Gasteiger partial charge in [-0.1, -0.05) is 13.8 Å². The Kier molecular flexibility index (Phi) is 5.54. The van der Waals surface area contributed by atoms with Crippen LogP contribution in [0, 0.1) is 12.8 Å². The average Bonchev–Trinajstić information content (AvgIpc) is 2.61. The van der Waals surface area contributed by atoms with Gasteiger partial charge in [-0.05, 0) is 19.3 Å². The standard InChI is InChI=1S/C14H26N4O/c1-10(2)7-13(14(19)17(4)5)15-8-12-9-18(6)16-11(12)3/h9-10,13,15H,7-8H2,1-6H3. The highest BCUT2D eigenvalue weighted by Crippen LogP contribution is 2.09. The van der Waals surface area contributed by atoms with E-state index in [2.05, 4.69) is 24.3 Å². The van der Waals surface area contributed by atoms with Crippen LogP contribution >= 0.6 is 0 Å². The van der Waals surface area contributed by atoms with Gasteiger partial charge in [0.15, 0.2) is 0 Å². The summed E-state index contributed by atoms with van der Waals surface area (Å²) in [7, 11) is 5.51. The van der Waals surface area contributed by atoms with Crippen molar-refractivity contribution in [3.05, 3.63) is 17.5 Å². The molecule has 0 aliphatic carbocycles. The second-order valence-electron chi connectivity index (χ2n) is 5.71. The Morgan fingerprint density at radius 2 is 2.11 bits per heavy atom. The number of carbonyl (C=O) groups is 1. The molecule has 108 valence electrons. The van der Waals surface area contributed by atoms with E-state index in [1.54, 1.807) is 23.7 Å². The minimum absolute atomic E-state index is 0.130. The van der Waals surface area contributed by atoms with Crippen LogP contribution in [0.2, 0.25) is 0 Å². The molecule has 0 aliphatic heterocycles. The molecular weight excluding hydrogens is 240 g/mol. The van der Waals surface area contributed by atoms with E-state index in [1.807, 2.05) is 20.2 Å². The van der Waals surface area contributed by atoms with Crippen LogP contribution in [-0.2, 0) is 18.4 Å². The number of hydrogen-bond donors (Lipinski definition) is 1. The minimum Gasteiger partial charge on any atom is -0.347 e. The quantitative estimate of drug-likeness (QED) is 0.845. The smallest absolute Gasteiger partial charge is 0.239 e. The number of rotatable bonds is 6. The number of aromatic nitrogens is 2. The Balaban J connectivity index is 2.67. The highest BCUT2D eigenvalue weighted by molar-refractivity contribution is 5.81. The second kappa shape index (κ2) is 6.70. The summed E-state index contributed by atoms with van der Waals surface area (Å²) in [5, 5.41) is 7.67. The number of amides is 1. The highest BCUT2D eigenvalue weighted by Gasteiger charge is 2.21. The molecule has 1 N–H and O–H groups in total. The maximum Gasteiger partial charge on any atom is 0.239 e. The summed E-state index contributed by atoms with van der Waals surface area (Å²) in [4.78, 5) is 13.8. The molecule has 0 saturated heterocycles. The first-order valence-electron chi connectivity index (χ1n) is 6.75. The van der Waals surface area contributed by atoms with Gasteiger partial charge < -0.3 is 10.2 Å². The molecule has 1 rings (SSSR count). The summed E-state index contributed by atoms with van der Waals surface area (Å²) < 4.78 is 1.80. The lowest BCUT2D eigenvalue weighted by Crippen LogP contribution is -2.44. The third-order valence-corrected chi connectivity index (χ3v) is 3.10. The van der Waals surface area contributed by atoms with E-state index in [4.69, 9.17) is 0 Å². The molecule has 5 heteroatoms. The largest absolute Gasteiger partial charge is 0.347 e. The third kappa shape index (κ3) is 4.67. The molecule has 1 unspecified atom stereocenters. The number of nitrogens with one attached hydrogen (secondary N) is 1. The molecule has 5 nitrogen and oxygen atoms in total. The van der Waals surface area contributed by atoms with Crippen LogP contribution < -0.4 is 5.32 Å². The molecule has 0 aromatic carbocycles. The molecule has 0 spiro atoms. The van der Waals surface area contributed by atoms with Gasteiger partial charge in [-0.3, -0.25) is 9.48 Å². The van der Waals surface area contributed by atoms with Crippen molar-refractivity contribution in [1.82, 2.24) is 20.0 Å². The number of carbonyl (C=O) groups excluding carboxylic acids is 1. The number of nitrogens with zero attached hydrogens (tertiary/aromatic N) is 3. The molecule has 0 aliphatic rings. The number of likely N-dealkylation sites (N-methyl/N-ethyl adjacent to an activating group) is 1. The number of hydrogen-bond acceptors (Lipinski definition) is 3. The van der Waals surface area contributed by atoms with Gasteiger partial charge in [-0.25, -0.2) is 0 Å². The lowest BCUT2D eigenvalue weighted by molar-refractivity contribution is -0.131. The molecule has 1 atom stereocenters. The SMILES string of the molecule is Cc1nn(C)cc1CNC(CC(C)C)C(=O)N(C)C. The summed E-state index contributed by atoms with van der Waals surface area (Å²) in [5.41, 5.74) is 2.15. The van der Waals surface area contributed by atoms with Crippen molar-refractivity contribution in [2.24, 2.45) is 13.0 Å². The molecule has 19 heavy (non-hydrogen) atoms. The van der Waals surface area contributed by atoms with Gasteiger partial charge in [0.2, 0.25) is 5.91 Å². The van der Waals surface area contributed by atoms with E-state index in [1.165, 1.54) is 0 Å². The summed E-state index contributed by atoms with van der Waals surface area (Å²) in [6.07, 6.45) is 2.84. The van der Waals surface area contributed by atoms with Crippen LogP contribution in [0.3, 0.4) is 0 Å². The van der Waals surface area contributed by atoms with Crippen LogP contribution in [0.15, 0.2) is 6.20 Å². The fourth-order valence-electron chi connectivity index (χ4n) is 2.11. The van der Waals surface area contributed by atoms with E-state index >= 15 is 0 Å². The van der Waals surface area contributed by atoms with E-state index in [0.29, 0.717) is 12.5 Å². The molecule has 0 saturated carbocycles. The summed E-state index contributed by atoms with van der Waals surface area (Å²) in [5.74, 6) is 0.617. The topological polar surface area (TPSA) is 50.2 Å². The zero-order valence-corrected chi connectivity index (χ0v) is 12.9. The fourth-order valence-corrected chi connectivity index (χ4v) is 2.11. The molecule has 0 radical (unpaired) electrons. The molecule has 1 heterocycles. The monoisotopic (exact) mass is 266 g/mol. The Labute approximate surface area is 116 Å². The van der Waals surface area contributed by atoms with Gasteiger partial charge in [0.1, 0.15) is 0 Å². The summed E-state index contributed by atoms with van der Waals surface area (Å²) >= 11 is 0. The van der Waals surface area contributed by atoms with Crippen molar-refractivity contribution >= 4 is 5.91 Å². The average molecular weight is 266 g/mol. The zero-order valence-electron chi connectivity index (χ0n) is 12.9. The van der Waals surface area contributed by atoms with Crippen molar-refractivity contribution in [3.63, 3.8) is 0 Å². The second-order valence-corrected chi connectivity index (χ2v) is 5.71. The maximum atomic E-state index is 12.1. The molecule has 1 aromatic rings. The van der Waals surface area contributed by atoms with Crippen LogP contribution in [-0.4, -0.2) is 40.7 Å². The lowest BCUT2D eigenvalue weighted by atomic mass is 10.0. The normalized spacial score (nSPS) is 12.8. The van der Waals surface area contributed by atoms with Gasteiger partial charge in [0.05, 0.1) is 11.7 Å². The summed E-state index contributed by atoms with van der Waals surface area (Å²) in [6, 6.07) is -0.130. The van der Waals surface area contributed by atoms with Crippen molar-refractivity contribution in [2.75, 3.05) is 14.1 Å². The first-order chi connectivity index (χ1) is 8.81. The van der Waals surface area contributed by atoms with Crippen LogP contribution in [0.4, 0.5) is 0 Å². The molecule has 0 fully saturated rings. The van der Waals surface area contributed by atoms with Crippen molar-refractivity contribution < 1.29 is 4.79 Å². The van der Waals surface area contributed by atoms with Gasteiger partial charge in [0.25, 0.3) is 0 Å². The van der Waals surface area contributed by atoms with Crippen molar-refractivity contribution in [2.45, 2.75) is 39.8 Å². The Hall–Kier alpha value is -1.36. The van der Waals surface area contributed by atoms with Crippen LogP contribution in [0.5, 0.6) is 0 Å². The van der Waals surface area contributed by atoms with E-state index in [9.17, 15) is 4.79 Å². The molecule has 1 amide bonds. The van der Waals surface area contributed by atoms with E-state index in [0.717, 1.165) is 17.7 Å². The van der Waals surface area contributed by atoms with Crippen LogP contribution in [0.25, 0.3) is 0 Å². The summed E-state index contributed by atoms with van der Waals surface area (Å²) in [6.45, 7) is 6.93. The predicted molar refractivity (Wildman–Crippen MR) is 76.7 cm³/mol. The minimum atomic E-state index is -0.130. The van der Waals surface area contributed by atoms with E-state index < -0.39 is 0 Å². The van der Waals surface area contributed by atoms with Crippen molar-refractivity contribution in [3.8, 4) is 0 Å². The number of aryl methyl sites for hydroxylation is 2. The van der Waals surface area contributed by atoms with Crippen LogP contribution in [0.1, 0.15) is 31.5 Å². The first-order valence-corrected chi connectivity index (χ1v) is 6.75.